The first-order valence-electron chi connectivity index (χ1n) is 5.77. The number of benzene rings is 1. The van der Waals surface area contributed by atoms with Gasteiger partial charge in [0.05, 0.1) is 12.8 Å². The van der Waals surface area contributed by atoms with Gasteiger partial charge in [0, 0.05) is 26.8 Å². The molecule has 96 valence electrons. The molecular formula is C13H22N2O2. The van der Waals surface area contributed by atoms with E-state index in [1.165, 1.54) is 5.56 Å². The minimum Gasteiger partial charge on any atom is -0.495 e. The summed E-state index contributed by atoms with van der Waals surface area (Å²) >= 11 is 0. The molecule has 0 radical (unpaired) electrons. The highest BCUT2D eigenvalue weighted by atomic mass is 16.5. The van der Waals surface area contributed by atoms with Crippen LogP contribution in [-0.2, 0) is 11.3 Å². The molecule has 17 heavy (non-hydrogen) atoms. The Labute approximate surface area is 103 Å². The molecular weight excluding hydrogens is 216 g/mol. The van der Waals surface area contributed by atoms with E-state index in [9.17, 15) is 0 Å². The van der Waals surface area contributed by atoms with E-state index >= 15 is 0 Å². The molecule has 0 aliphatic carbocycles. The highest BCUT2D eigenvalue weighted by Gasteiger charge is 2.03. The molecule has 0 heterocycles. The van der Waals surface area contributed by atoms with Gasteiger partial charge in [0.15, 0.2) is 0 Å². The standard InChI is InChI=1S/C13H22N2O2/c1-15(7-4-8-16-2)10-11-5-6-13(17-3)12(14)9-11/h5-6,9H,4,7-8,10,14H2,1-3H3. The fourth-order valence-electron chi connectivity index (χ4n) is 1.75. The summed E-state index contributed by atoms with van der Waals surface area (Å²) in [6.45, 7) is 2.70. The largest absolute Gasteiger partial charge is 0.495 e. The lowest BCUT2D eigenvalue weighted by Gasteiger charge is -2.17. The normalized spacial score (nSPS) is 10.8. The Kier molecular flexibility index (Phi) is 5.80. The van der Waals surface area contributed by atoms with Gasteiger partial charge in [-0.25, -0.2) is 0 Å². The van der Waals surface area contributed by atoms with Crippen molar-refractivity contribution in [1.82, 2.24) is 4.90 Å². The monoisotopic (exact) mass is 238 g/mol. The summed E-state index contributed by atoms with van der Waals surface area (Å²) in [6.07, 6.45) is 1.04. The van der Waals surface area contributed by atoms with E-state index in [2.05, 4.69) is 11.9 Å². The SMILES string of the molecule is COCCCN(C)Cc1ccc(OC)c(N)c1. The van der Waals surface area contributed by atoms with Crippen molar-refractivity contribution in [2.75, 3.05) is 40.2 Å². The number of ether oxygens (including phenoxy) is 2. The summed E-state index contributed by atoms with van der Waals surface area (Å²) in [5.41, 5.74) is 7.75. The molecule has 0 saturated carbocycles. The predicted molar refractivity (Wildman–Crippen MR) is 70.2 cm³/mol. The summed E-state index contributed by atoms with van der Waals surface area (Å²) in [5, 5.41) is 0. The zero-order valence-electron chi connectivity index (χ0n) is 10.9. The van der Waals surface area contributed by atoms with Crippen LogP contribution >= 0.6 is 0 Å². The van der Waals surface area contributed by atoms with Gasteiger partial charge in [-0.2, -0.15) is 0 Å². The van der Waals surface area contributed by atoms with Crippen LogP contribution in [0, 0.1) is 0 Å². The average Bonchev–Trinajstić information content (AvgIpc) is 2.29. The van der Waals surface area contributed by atoms with Crippen LogP contribution in [-0.4, -0.2) is 39.3 Å². The van der Waals surface area contributed by atoms with Crippen LogP contribution in [0.2, 0.25) is 0 Å². The van der Waals surface area contributed by atoms with Crippen molar-refractivity contribution < 1.29 is 9.47 Å². The van der Waals surface area contributed by atoms with Crippen LogP contribution in [0.5, 0.6) is 5.75 Å². The lowest BCUT2D eigenvalue weighted by molar-refractivity contribution is 0.178. The second-order valence-electron chi connectivity index (χ2n) is 4.16. The smallest absolute Gasteiger partial charge is 0.141 e. The van der Waals surface area contributed by atoms with E-state index in [4.69, 9.17) is 15.2 Å². The number of hydrogen-bond donors (Lipinski definition) is 1. The number of rotatable bonds is 7. The summed E-state index contributed by atoms with van der Waals surface area (Å²) in [6, 6.07) is 5.92. The number of hydrogen-bond acceptors (Lipinski definition) is 4. The van der Waals surface area contributed by atoms with Crippen LogP contribution in [0.25, 0.3) is 0 Å². The lowest BCUT2D eigenvalue weighted by atomic mass is 10.2. The van der Waals surface area contributed by atoms with E-state index in [1.807, 2.05) is 18.2 Å². The molecule has 0 fully saturated rings. The molecule has 1 aromatic carbocycles. The van der Waals surface area contributed by atoms with Crippen molar-refractivity contribution in [3.05, 3.63) is 23.8 Å². The summed E-state index contributed by atoms with van der Waals surface area (Å²) in [7, 11) is 5.45. The summed E-state index contributed by atoms with van der Waals surface area (Å²) < 4.78 is 10.2. The Balaban J connectivity index is 2.48. The average molecular weight is 238 g/mol. The third-order valence-electron chi connectivity index (χ3n) is 2.63. The first-order valence-corrected chi connectivity index (χ1v) is 5.77. The highest BCUT2D eigenvalue weighted by molar-refractivity contribution is 5.54. The molecule has 1 aromatic rings. The maximum absolute atomic E-state index is 5.87. The van der Waals surface area contributed by atoms with E-state index in [1.54, 1.807) is 14.2 Å². The van der Waals surface area contributed by atoms with Gasteiger partial charge in [0.2, 0.25) is 0 Å². The van der Waals surface area contributed by atoms with Crippen molar-refractivity contribution in [3.63, 3.8) is 0 Å². The van der Waals surface area contributed by atoms with E-state index in [0.717, 1.165) is 31.9 Å². The van der Waals surface area contributed by atoms with Gasteiger partial charge in [0.25, 0.3) is 0 Å². The topological polar surface area (TPSA) is 47.7 Å². The molecule has 0 aliphatic heterocycles. The number of nitrogens with zero attached hydrogens (tertiary/aromatic N) is 1. The molecule has 0 atom stereocenters. The maximum atomic E-state index is 5.87. The van der Waals surface area contributed by atoms with Crippen LogP contribution < -0.4 is 10.5 Å². The van der Waals surface area contributed by atoms with Crippen LogP contribution in [0.3, 0.4) is 0 Å². The van der Waals surface area contributed by atoms with Crippen molar-refractivity contribution in [2.24, 2.45) is 0 Å². The quantitative estimate of drug-likeness (QED) is 0.580. The van der Waals surface area contributed by atoms with Gasteiger partial charge in [-0.1, -0.05) is 6.07 Å². The molecule has 0 amide bonds. The zero-order chi connectivity index (χ0) is 12.7. The Morgan fingerprint density at radius 3 is 2.65 bits per heavy atom. The molecule has 0 unspecified atom stereocenters. The van der Waals surface area contributed by atoms with Gasteiger partial charge in [0.1, 0.15) is 5.75 Å². The molecule has 0 aliphatic rings. The summed E-state index contributed by atoms with van der Waals surface area (Å²) in [4.78, 5) is 2.25. The number of nitrogen functional groups attached to an aromatic ring is 1. The van der Waals surface area contributed by atoms with Gasteiger partial charge in [-0.3, -0.25) is 0 Å². The molecule has 4 heteroatoms. The molecule has 1 rings (SSSR count). The molecule has 0 aromatic heterocycles. The van der Waals surface area contributed by atoms with Crippen LogP contribution in [0.4, 0.5) is 5.69 Å². The second kappa shape index (κ2) is 7.14. The number of anilines is 1. The zero-order valence-corrected chi connectivity index (χ0v) is 10.9. The molecule has 0 spiro atoms. The second-order valence-corrected chi connectivity index (χ2v) is 4.16. The molecule has 0 bridgehead atoms. The maximum Gasteiger partial charge on any atom is 0.141 e. The Bertz CT molecular complexity index is 342. The van der Waals surface area contributed by atoms with E-state index < -0.39 is 0 Å². The van der Waals surface area contributed by atoms with Crippen LogP contribution in [0.1, 0.15) is 12.0 Å². The lowest BCUT2D eigenvalue weighted by Crippen LogP contribution is -2.20. The van der Waals surface area contributed by atoms with Gasteiger partial charge in [-0.05, 0) is 31.2 Å². The fraction of sp³-hybridized carbons (Fsp3) is 0.538. The van der Waals surface area contributed by atoms with Crippen molar-refractivity contribution in [1.29, 1.82) is 0 Å². The molecule has 4 nitrogen and oxygen atoms in total. The third-order valence-corrected chi connectivity index (χ3v) is 2.63. The number of nitrogens with two attached hydrogens (primary N) is 1. The first-order chi connectivity index (χ1) is 8.17. The van der Waals surface area contributed by atoms with Crippen LogP contribution in [0.15, 0.2) is 18.2 Å². The first kappa shape index (κ1) is 13.8. The Hall–Kier alpha value is -1.26. The van der Waals surface area contributed by atoms with Gasteiger partial charge >= 0.3 is 0 Å². The van der Waals surface area contributed by atoms with E-state index in [-0.39, 0.29) is 0 Å². The van der Waals surface area contributed by atoms with Gasteiger partial charge in [-0.15, -0.1) is 0 Å². The van der Waals surface area contributed by atoms with E-state index in [0.29, 0.717) is 5.69 Å². The predicted octanol–water partition coefficient (Wildman–Crippen LogP) is 1.75. The van der Waals surface area contributed by atoms with Gasteiger partial charge < -0.3 is 20.1 Å². The highest BCUT2D eigenvalue weighted by Crippen LogP contribution is 2.22. The Morgan fingerprint density at radius 1 is 1.29 bits per heavy atom. The molecule has 0 saturated heterocycles. The fourth-order valence-corrected chi connectivity index (χ4v) is 1.75. The summed E-state index contributed by atoms with van der Waals surface area (Å²) in [5.74, 6) is 0.732. The van der Waals surface area contributed by atoms with Crippen molar-refractivity contribution in [2.45, 2.75) is 13.0 Å². The third kappa shape index (κ3) is 4.63. The minimum absolute atomic E-state index is 0.690. The number of methoxy groups -OCH3 is 2. The molecule has 2 N–H and O–H groups in total. The minimum atomic E-state index is 0.690. The Morgan fingerprint density at radius 2 is 2.06 bits per heavy atom. The van der Waals surface area contributed by atoms with Crippen molar-refractivity contribution >= 4 is 5.69 Å². The van der Waals surface area contributed by atoms with Crippen molar-refractivity contribution in [3.8, 4) is 5.75 Å².